The third-order valence-corrected chi connectivity index (χ3v) is 2.96. The zero-order chi connectivity index (χ0) is 10.1. The molecular weight excluding hydrogens is 268 g/mol. The van der Waals surface area contributed by atoms with Crippen molar-refractivity contribution in [3.63, 3.8) is 0 Å². The van der Waals surface area contributed by atoms with Crippen LogP contribution in [0, 0.1) is 0 Å². The highest BCUT2D eigenvalue weighted by Gasteiger charge is 2.19. The fraction of sp³-hybridized carbons (Fsp3) is 0.286. The van der Waals surface area contributed by atoms with Crippen molar-refractivity contribution < 1.29 is 5.11 Å². The maximum atomic E-state index is 9.94. The number of nitrogens with zero attached hydrogens (tertiary/aromatic N) is 4. The number of aliphatic hydroxyl groups excluding tert-OH is 1. The standard InChI is InChI=1S/C7H7BrN4OS/c1-12-6(4(8)2-9-12)7(13)5-3-10-14-11-5/h2-3,7,13H,1H3. The van der Waals surface area contributed by atoms with Crippen molar-refractivity contribution in [3.8, 4) is 0 Å². The second-order valence-electron chi connectivity index (χ2n) is 2.74. The number of aryl methyl sites for hydroxylation is 1. The third kappa shape index (κ3) is 1.58. The second kappa shape index (κ2) is 3.76. The predicted molar refractivity (Wildman–Crippen MR) is 54.9 cm³/mol. The SMILES string of the molecule is Cn1ncc(Br)c1C(O)c1cnsn1. The summed E-state index contributed by atoms with van der Waals surface area (Å²) < 4.78 is 10.2. The average Bonchev–Trinajstić information content (AvgIpc) is 2.75. The summed E-state index contributed by atoms with van der Waals surface area (Å²) >= 11 is 4.39. The second-order valence-corrected chi connectivity index (χ2v) is 4.15. The van der Waals surface area contributed by atoms with E-state index in [0.29, 0.717) is 11.4 Å². The molecule has 2 heterocycles. The fourth-order valence-electron chi connectivity index (χ4n) is 1.16. The molecule has 2 aromatic heterocycles. The van der Waals surface area contributed by atoms with E-state index in [1.54, 1.807) is 24.1 Å². The molecule has 0 radical (unpaired) electrons. The molecule has 0 aliphatic heterocycles. The lowest BCUT2D eigenvalue weighted by Crippen LogP contribution is -2.07. The molecule has 14 heavy (non-hydrogen) atoms. The molecule has 0 amide bonds. The van der Waals surface area contributed by atoms with Crippen molar-refractivity contribution in [2.24, 2.45) is 7.05 Å². The van der Waals surface area contributed by atoms with Gasteiger partial charge in [0.1, 0.15) is 11.8 Å². The Hall–Kier alpha value is -0.790. The highest BCUT2D eigenvalue weighted by molar-refractivity contribution is 9.10. The van der Waals surface area contributed by atoms with E-state index in [2.05, 4.69) is 29.8 Å². The maximum absolute atomic E-state index is 9.94. The van der Waals surface area contributed by atoms with E-state index >= 15 is 0 Å². The van der Waals surface area contributed by atoms with Gasteiger partial charge < -0.3 is 5.11 Å². The smallest absolute Gasteiger partial charge is 0.141 e. The molecule has 1 N–H and O–H groups in total. The summed E-state index contributed by atoms with van der Waals surface area (Å²) in [5, 5.41) is 14.0. The summed E-state index contributed by atoms with van der Waals surface area (Å²) in [5.74, 6) is 0. The van der Waals surface area contributed by atoms with Crippen LogP contribution in [0.3, 0.4) is 0 Å². The Morgan fingerprint density at radius 3 is 2.86 bits per heavy atom. The Labute approximate surface area is 92.8 Å². The number of halogens is 1. The molecule has 2 rings (SSSR count). The highest BCUT2D eigenvalue weighted by Crippen LogP contribution is 2.26. The Bertz CT molecular complexity index is 407. The van der Waals surface area contributed by atoms with E-state index in [1.807, 2.05) is 0 Å². The first-order valence-electron chi connectivity index (χ1n) is 3.83. The first kappa shape index (κ1) is 9.75. The van der Waals surface area contributed by atoms with Gasteiger partial charge in [0.05, 0.1) is 34.3 Å². The van der Waals surface area contributed by atoms with E-state index in [1.165, 1.54) is 0 Å². The Balaban J connectivity index is 2.41. The molecule has 2 aromatic rings. The predicted octanol–water partition coefficient (Wildman–Crippen LogP) is 1.12. The van der Waals surface area contributed by atoms with Crippen LogP contribution in [-0.4, -0.2) is 23.6 Å². The van der Waals surface area contributed by atoms with Crippen LogP contribution in [0.1, 0.15) is 17.5 Å². The zero-order valence-corrected chi connectivity index (χ0v) is 9.66. The molecule has 0 fully saturated rings. The fourth-order valence-corrected chi connectivity index (χ4v) is 2.17. The van der Waals surface area contributed by atoms with Crippen molar-refractivity contribution in [1.29, 1.82) is 0 Å². The van der Waals surface area contributed by atoms with Gasteiger partial charge in [-0.05, 0) is 15.9 Å². The highest BCUT2D eigenvalue weighted by atomic mass is 79.9. The van der Waals surface area contributed by atoms with Crippen molar-refractivity contribution >= 4 is 27.7 Å². The molecule has 0 aromatic carbocycles. The van der Waals surface area contributed by atoms with Crippen LogP contribution in [0.4, 0.5) is 0 Å². The zero-order valence-electron chi connectivity index (χ0n) is 7.25. The van der Waals surface area contributed by atoms with E-state index < -0.39 is 6.10 Å². The van der Waals surface area contributed by atoms with Gasteiger partial charge in [-0.3, -0.25) is 4.68 Å². The Kier molecular flexibility index (Phi) is 2.62. The summed E-state index contributed by atoms with van der Waals surface area (Å²) in [5.41, 5.74) is 1.22. The molecule has 1 unspecified atom stereocenters. The molecule has 0 saturated heterocycles. The molecule has 74 valence electrons. The first-order chi connectivity index (χ1) is 6.70. The van der Waals surface area contributed by atoms with Crippen LogP contribution < -0.4 is 0 Å². The third-order valence-electron chi connectivity index (χ3n) is 1.86. The number of hydrogen-bond donors (Lipinski definition) is 1. The average molecular weight is 275 g/mol. The minimum absolute atomic E-state index is 0.541. The first-order valence-corrected chi connectivity index (χ1v) is 5.35. The van der Waals surface area contributed by atoms with Gasteiger partial charge in [-0.1, -0.05) is 0 Å². The molecule has 0 saturated carbocycles. The largest absolute Gasteiger partial charge is 0.380 e. The number of aliphatic hydroxyl groups is 1. The number of aromatic nitrogens is 4. The minimum Gasteiger partial charge on any atom is -0.380 e. The van der Waals surface area contributed by atoms with Gasteiger partial charge in [0.2, 0.25) is 0 Å². The van der Waals surface area contributed by atoms with Crippen molar-refractivity contribution in [2.45, 2.75) is 6.10 Å². The molecular formula is C7H7BrN4OS. The maximum Gasteiger partial charge on any atom is 0.141 e. The molecule has 0 aliphatic carbocycles. The van der Waals surface area contributed by atoms with Gasteiger partial charge in [0.25, 0.3) is 0 Å². The van der Waals surface area contributed by atoms with E-state index in [-0.39, 0.29) is 0 Å². The molecule has 0 aliphatic rings. The van der Waals surface area contributed by atoms with Gasteiger partial charge in [0.15, 0.2) is 0 Å². The van der Waals surface area contributed by atoms with Crippen LogP contribution >= 0.6 is 27.7 Å². The van der Waals surface area contributed by atoms with Gasteiger partial charge in [-0.25, -0.2) is 0 Å². The molecule has 1 atom stereocenters. The summed E-state index contributed by atoms with van der Waals surface area (Å²) in [4.78, 5) is 0. The lowest BCUT2D eigenvalue weighted by Gasteiger charge is -2.08. The van der Waals surface area contributed by atoms with Gasteiger partial charge >= 0.3 is 0 Å². The topological polar surface area (TPSA) is 63.8 Å². The molecule has 0 bridgehead atoms. The Morgan fingerprint density at radius 2 is 2.36 bits per heavy atom. The molecule has 7 heteroatoms. The van der Waals surface area contributed by atoms with Crippen molar-refractivity contribution in [2.75, 3.05) is 0 Å². The van der Waals surface area contributed by atoms with Gasteiger partial charge in [0, 0.05) is 7.05 Å². The normalized spacial score (nSPS) is 13.1. The number of rotatable bonds is 2. The van der Waals surface area contributed by atoms with Crippen LogP contribution in [0.25, 0.3) is 0 Å². The molecule has 0 spiro atoms. The number of hydrogen-bond acceptors (Lipinski definition) is 5. The quantitative estimate of drug-likeness (QED) is 0.892. The summed E-state index contributed by atoms with van der Waals surface area (Å²) in [6, 6.07) is 0. The lowest BCUT2D eigenvalue weighted by atomic mass is 10.2. The van der Waals surface area contributed by atoms with Gasteiger partial charge in [-0.2, -0.15) is 13.8 Å². The molecule has 5 nitrogen and oxygen atoms in total. The monoisotopic (exact) mass is 274 g/mol. The van der Waals surface area contributed by atoms with Crippen LogP contribution in [-0.2, 0) is 7.05 Å². The summed E-state index contributed by atoms with van der Waals surface area (Å²) in [6.45, 7) is 0. The summed E-state index contributed by atoms with van der Waals surface area (Å²) in [7, 11) is 1.77. The van der Waals surface area contributed by atoms with E-state index in [0.717, 1.165) is 16.2 Å². The van der Waals surface area contributed by atoms with E-state index in [9.17, 15) is 5.11 Å². The van der Waals surface area contributed by atoms with Crippen molar-refractivity contribution in [1.82, 2.24) is 18.5 Å². The Morgan fingerprint density at radius 1 is 1.57 bits per heavy atom. The van der Waals surface area contributed by atoms with E-state index in [4.69, 9.17) is 0 Å². The summed E-state index contributed by atoms with van der Waals surface area (Å²) in [6.07, 6.45) is 2.41. The minimum atomic E-state index is -0.782. The van der Waals surface area contributed by atoms with Gasteiger partial charge in [-0.15, -0.1) is 0 Å². The lowest BCUT2D eigenvalue weighted by molar-refractivity contribution is 0.205. The van der Waals surface area contributed by atoms with Crippen LogP contribution in [0.5, 0.6) is 0 Å². The van der Waals surface area contributed by atoms with Crippen LogP contribution in [0.2, 0.25) is 0 Å². The van der Waals surface area contributed by atoms with Crippen molar-refractivity contribution in [3.05, 3.63) is 28.3 Å². The van der Waals surface area contributed by atoms with Crippen LogP contribution in [0.15, 0.2) is 16.9 Å².